The van der Waals surface area contributed by atoms with E-state index in [1.165, 1.54) is 0 Å². The summed E-state index contributed by atoms with van der Waals surface area (Å²) in [6.07, 6.45) is 4.37. The van der Waals surface area contributed by atoms with Crippen LogP contribution in [-0.4, -0.2) is 40.1 Å². The molecule has 0 bridgehead atoms. The summed E-state index contributed by atoms with van der Waals surface area (Å²) in [5, 5.41) is 6.09. The second-order valence-corrected chi connectivity index (χ2v) is 7.53. The topological polar surface area (TPSA) is 82.0 Å². The number of aromatic nitrogens is 4. The predicted molar refractivity (Wildman–Crippen MR) is 119 cm³/mol. The van der Waals surface area contributed by atoms with Gasteiger partial charge in [0.1, 0.15) is 0 Å². The van der Waals surface area contributed by atoms with Crippen LogP contribution in [0, 0.1) is 13.8 Å². The minimum absolute atomic E-state index is 0. The highest BCUT2D eigenvalue weighted by molar-refractivity contribution is 6.04. The Bertz CT molecular complexity index is 1310. The fraction of sp³-hybridized carbons (Fsp3) is 0.318. The lowest BCUT2D eigenvalue weighted by Crippen LogP contribution is -2.12. The number of methoxy groups -OCH3 is 1. The minimum atomic E-state index is -0.129. The molecule has 0 saturated carbocycles. The van der Waals surface area contributed by atoms with E-state index in [4.69, 9.17) is 9.47 Å². The molecule has 4 aromatic rings. The number of aromatic amines is 1. The van der Waals surface area contributed by atoms with Crippen molar-refractivity contribution in [2.75, 3.05) is 20.3 Å². The Kier molecular flexibility index (Phi) is 5.26. The van der Waals surface area contributed by atoms with E-state index in [0.29, 0.717) is 17.9 Å². The van der Waals surface area contributed by atoms with Crippen molar-refractivity contribution < 1.29 is 9.47 Å². The van der Waals surface area contributed by atoms with Gasteiger partial charge in [-0.05, 0) is 43.0 Å². The molecule has 3 aromatic heterocycles. The van der Waals surface area contributed by atoms with Crippen molar-refractivity contribution in [3.05, 3.63) is 52.1 Å². The first kappa shape index (κ1) is 20.4. The quantitative estimate of drug-likeness (QED) is 0.536. The largest absolute Gasteiger partial charge is 0.481 e. The van der Waals surface area contributed by atoms with Gasteiger partial charge in [0.05, 0.1) is 42.4 Å². The molecule has 1 aliphatic heterocycles. The van der Waals surface area contributed by atoms with Gasteiger partial charge in [0.25, 0.3) is 5.56 Å². The molecule has 1 saturated heterocycles. The molecule has 0 aliphatic carbocycles. The summed E-state index contributed by atoms with van der Waals surface area (Å²) in [4.78, 5) is 20.1. The number of nitrogens with zero attached hydrogens (tertiary/aromatic N) is 3. The number of fused-ring (bicyclic) bond motifs is 3. The normalized spacial score (nSPS) is 16.2. The van der Waals surface area contributed by atoms with E-state index in [9.17, 15) is 4.79 Å². The number of hydrogen-bond donors (Lipinski definition) is 1. The molecule has 0 unspecified atom stereocenters. The van der Waals surface area contributed by atoms with Gasteiger partial charge >= 0.3 is 0 Å². The third kappa shape index (κ3) is 3.05. The zero-order valence-electron chi connectivity index (χ0n) is 17.1. The number of nitrogens with one attached hydrogen (secondary N) is 1. The van der Waals surface area contributed by atoms with Gasteiger partial charge in [-0.3, -0.25) is 9.48 Å². The first-order valence-electron chi connectivity index (χ1n) is 9.70. The van der Waals surface area contributed by atoms with E-state index in [-0.39, 0.29) is 24.0 Å². The van der Waals surface area contributed by atoms with Crippen molar-refractivity contribution in [3.8, 4) is 17.0 Å². The standard InChI is InChI=1S/C22H22N4O3.ClH/c1-12-9-23-22(28-3)13(2)19(12)14-4-5-16-18(8-14)25-21(27)17-10-24-26(20(16)17)15-6-7-29-11-15;/h4-5,8-10,15H,6-7,11H2,1-3H3,(H,25,27);1H/t15-;/m0./s1. The third-order valence-electron chi connectivity index (χ3n) is 5.76. The maximum atomic E-state index is 12.7. The number of hydrogen-bond acceptors (Lipinski definition) is 5. The molecular weight excluding hydrogens is 404 g/mol. The molecule has 156 valence electrons. The van der Waals surface area contributed by atoms with Crippen LogP contribution in [0.25, 0.3) is 32.9 Å². The Morgan fingerprint density at radius 3 is 2.80 bits per heavy atom. The van der Waals surface area contributed by atoms with Crippen molar-refractivity contribution in [3.63, 3.8) is 0 Å². The lowest BCUT2D eigenvalue weighted by Gasteiger charge is -2.14. The summed E-state index contributed by atoms with van der Waals surface area (Å²) in [5.41, 5.74) is 5.64. The number of benzene rings is 1. The first-order chi connectivity index (χ1) is 14.1. The molecule has 30 heavy (non-hydrogen) atoms. The Balaban J connectivity index is 0.00000218. The molecule has 0 radical (unpaired) electrons. The van der Waals surface area contributed by atoms with Crippen LogP contribution in [0.3, 0.4) is 0 Å². The maximum absolute atomic E-state index is 12.7. The van der Waals surface area contributed by atoms with E-state index in [2.05, 4.69) is 27.2 Å². The van der Waals surface area contributed by atoms with Crippen LogP contribution in [0.2, 0.25) is 0 Å². The van der Waals surface area contributed by atoms with Gasteiger partial charge in [0.15, 0.2) is 0 Å². The van der Waals surface area contributed by atoms with Crippen LogP contribution in [-0.2, 0) is 4.74 Å². The van der Waals surface area contributed by atoms with E-state index in [1.807, 2.05) is 30.8 Å². The van der Waals surface area contributed by atoms with E-state index in [1.54, 1.807) is 13.3 Å². The number of H-pyrrole nitrogens is 1. The van der Waals surface area contributed by atoms with E-state index < -0.39 is 0 Å². The van der Waals surface area contributed by atoms with Crippen LogP contribution in [0.5, 0.6) is 5.88 Å². The highest BCUT2D eigenvalue weighted by Crippen LogP contribution is 2.34. The molecular formula is C22H23ClN4O3. The molecule has 8 heteroatoms. The average molecular weight is 427 g/mol. The zero-order chi connectivity index (χ0) is 20.1. The molecule has 0 amide bonds. The summed E-state index contributed by atoms with van der Waals surface area (Å²) < 4.78 is 12.9. The van der Waals surface area contributed by atoms with Gasteiger partial charge in [0, 0.05) is 23.8 Å². The lowest BCUT2D eigenvalue weighted by molar-refractivity contribution is 0.185. The van der Waals surface area contributed by atoms with Gasteiger partial charge in [-0.1, -0.05) is 12.1 Å². The van der Waals surface area contributed by atoms with Crippen molar-refractivity contribution >= 4 is 34.2 Å². The molecule has 1 N–H and O–H groups in total. The molecule has 1 atom stereocenters. The van der Waals surface area contributed by atoms with Crippen molar-refractivity contribution in [1.82, 2.24) is 19.7 Å². The van der Waals surface area contributed by atoms with Gasteiger partial charge in [-0.2, -0.15) is 5.10 Å². The van der Waals surface area contributed by atoms with Crippen LogP contribution in [0.4, 0.5) is 0 Å². The second kappa shape index (κ2) is 7.74. The Morgan fingerprint density at radius 2 is 2.07 bits per heavy atom. The van der Waals surface area contributed by atoms with Crippen LogP contribution in [0.15, 0.2) is 35.4 Å². The summed E-state index contributed by atoms with van der Waals surface area (Å²) in [6.45, 7) is 5.37. The second-order valence-electron chi connectivity index (χ2n) is 7.53. The van der Waals surface area contributed by atoms with Crippen molar-refractivity contribution in [1.29, 1.82) is 0 Å². The van der Waals surface area contributed by atoms with E-state index >= 15 is 0 Å². The SMILES string of the molecule is COc1ncc(C)c(-c2ccc3c(c2)[nH]c(=O)c2cnn([C@H]4CCOC4)c23)c1C.Cl. The van der Waals surface area contributed by atoms with E-state index in [0.717, 1.165) is 51.7 Å². The van der Waals surface area contributed by atoms with Crippen molar-refractivity contribution in [2.24, 2.45) is 0 Å². The number of halogens is 1. The van der Waals surface area contributed by atoms with Crippen LogP contribution in [0.1, 0.15) is 23.6 Å². The monoisotopic (exact) mass is 426 g/mol. The molecule has 5 rings (SSSR count). The van der Waals surface area contributed by atoms with Crippen LogP contribution < -0.4 is 10.3 Å². The molecule has 1 aromatic carbocycles. The smallest absolute Gasteiger partial charge is 0.259 e. The number of rotatable bonds is 3. The Labute approximate surface area is 179 Å². The number of aryl methyl sites for hydroxylation is 1. The molecule has 4 heterocycles. The van der Waals surface area contributed by atoms with Gasteiger partial charge < -0.3 is 14.5 Å². The fourth-order valence-corrected chi connectivity index (χ4v) is 4.36. The highest BCUT2D eigenvalue weighted by atomic mass is 35.5. The minimum Gasteiger partial charge on any atom is -0.481 e. The number of pyridine rings is 2. The summed E-state index contributed by atoms with van der Waals surface area (Å²) in [5.74, 6) is 0.606. The molecule has 1 aliphatic rings. The summed E-state index contributed by atoms with van der Waals surface area (Å²) in [7, 11) is 1.62. The van der Waals surface area contributed by atoms with Crippen LogP contribution >= 0.6 is 12.4 Å². The third-order valence-corrected chi connectivity index (χ3v) is 5.76. The maximum Gasteiger partial charge on any atom is 0.259 e. The molecule has 0 spiro atoms. The van der Waals surface area contributed by atoms with Crippen molar-refractivity contribution in [2.45, 2.75) is 26.3 Å². The molecule has 1 fully saturated rings. The average Bonchev–Trinajstić information content (AvgIpc) is 3.38. The lowest BCUT2D eigenvalue weighted by atomic mass is 9.96. The van der Waals surface area contributed by atoms with Gasteiger partial charge in [-0.25, -0.2) is 4.98 Å². The van der Waals surface area contributed by atoms with Gasteiger partial charge in [0.2, 0.25) is 5.88 Å². The first-order valence-corrected chi connectivity index (χ1v) is 9.70. The predicted octanol–water partition coefficient (Wildman–Crippen LogP) is 3.95. The fourth-order valence-electron chi connectivity index (χ4n) is 4.36. The Hall–Kier alpha value is -2.90. The molecule has 7 nitrogen and oxygen atoms in total. The number of ether oxygens (including phenoxy) is 2. The highest BCUT2D eigenvalue weighted by Gasteiger charge is 2.22. The van der Waals surface area contributed by atoms with Gasteiger partial charge in [-0.15, -0.1) is 12.4 Å². The zero-order valence-corrected chi connectivity index (χ0v) is 17.9. The summed E-state index contributed by atoms with van der Waals surface area (Å²) >= 11 is 0. The Morgan fingerprint density at radius 1 is 1.23 bits per heavy atom. The summed E-state index contributed by atoms with van der Waals surface area (Å²) in [6, 6.07) is 6.32.